The highest BCUT2D eigenvalue weighted by atomic mass is 19.1. The Hall–Kier alpha value is -3.09. The fourth-order valence-electron chi connectivity index (χ4n) is 2.25. The minimum Gasteiger partial charge on any atom is -0.352 e. The van der Waals surface area contributed by atoms with Crippen LogP contribution >= 0.6 is 0 Å². The Bertz CT molecular complexity index is 880. The summed E-state index contributed by atoms with van der Waals surface area (Å²) in [5, 5.41) is 6.41. The molecule has 7 heteroatoms. The van der Waals surface area contributed by atoms with Gasteiger partial charge in [0.1, 0.15) is 11.6 Å². The molecule has 5 nitrogen and oxygen atoms in total. The summed E-state index contributed by atoms with van der Waals surface area (Å²) in [5.41, 5.74) is 0.918. The van der Waals surface area contributed by atoms with Crippen LogP contribution in [0.1, 0.15) is 17.9 Å². The highest BCUT2D eigenvalue weighted by molar-refractivity contribution is 5.76. The van der Waals surface area contributed by atoms with Crippen LogP contribution in [0.25, 0.3) is 11.4 Å². The van der Waals surface area contributed by atoms with Gasteiger partial charge in [0.2, 0.25) is 17.6 Å². The summed E-state index contributed by atoms with van der Waals surface area (Å²) >= 11 is 0. The number of rotatable bonds is 6. The predicted molar refractivity (Wildman–Crippen MR) is 86.3 cm³/mol. The number of carbonyl (C=O) groups excluding carboxylic acids is 1. The van der Waals surface area contributed by atoms with Crippen LogP contribution in [0, 0.1) is 11.6 Å². The molecule has 1 heterocycles. The third-order valence-corrected chi connectivity index (χ3v) is 3.55. The monoisotopic (exact) mass is 343 g/mol. The first-order chi connectivity index (χ1) is 12.1. The van der Waals surface area contributed by atoms with Gasteiger partial charge >= 0.3 is 0 Å². The van der Waals surface area contributed by atoms with E-state index in [0.717, 1.165) is 0 Å². The summed E-state index contributed by atoms with van der Waals surface area (Å²) in [6.45, 7) is 0.115. The molecule has 1 N–H and O–H groups in total. The average molecular weight is 343 g/mol. The summed E-state index contributed by atoms with van der Waals surface area (Å²) in [4.78, 5) is 16.0. The number of hydrogen-bond acceptors (Lipinski definition) is 4. The van der Waals surface area contributed by atoms with Gasteiger partial charge in [-0.25, -0.2) is 8.78 Å². The van der Waals surface area contributed by atoms with Crippen LogP contribution in [0.4, 0.5) is 8.78 Å². The van der Waals surface area contributed by atoms with E-state index in [9.17, 15) is 13.6 Å². The number of halogens is 2. The van der Waals surface area contributed by atoms with Crippen molar-refractivity contribution in [2.75, 3.05) is 0 Å². The largest absolute Gasteiger partial charge is 0.352 e. The lowest BCUT2D eigenvalue weighted by molar-refractivity contribution is -0.121. The highest BCUT2D eigenvalue weighted by Gasteiger charge is 2.11. The summed E-state index contributed by atoms with van der Waals surface area (Å²) < 4.78 is 31.7. The number of amides is 1. The molecule has 0 radical (unpaired) electrons. The molecule has 1 amide bonds. The van der Waals surface area contributed by atoms with Crippen molar-refractivity contribution in [2.24, 2.45) is 0 Å². The molecule has 0 spiro atoms. The zero-order chi connectivity index (χ0) is 17.6. The number of benzene rings is 2. The lowest BCUT2D eigenvalue weighted by atomic mass is 10.2. The van der Waals surface area contributed by atoms with Crippen molar-refractivity contribution < 1.29 is 18.1 Å². The molecule has 128 valence electrons. The molecule has 0 aliphatic rings. The average Bonchev–Trinajstić information content (AvgIpc) is 3.08. The second-order valence-corrected chi connectivity index (χ2v) is 5.39. The fraction of sp³-hybridized carbons (Fsp3) is 0.167. The van der Waals surface area contributed by atoms with E-state index in [-0.39, 0.29) is 42.8 Å². The maximum absolute atomic E-state index is 13.5. The lowest BCUT2D eigenvalue weighted by Gasteiger charge is -2.05. The second-order valence-electron chi connectivity index (χ2n) is 5.39. The van der Waals surface area contributed by atoms with Crippen LogP contribution < -0.4 is 5.32 Å². The summed E-state index contributed by atoms with van der Waals surface area (Å²) in [7, 11) is 0. The molecule has 0 saturated heterocycles. The Morgan fingerprint density at radius 1 is 1.12 bits per heavy atom. The smallest absolute Gasteiger partial charge is 0.227 e. The number of hydrogen-bond donors (Lipinski definition) is 1. The quantitative estimate of drug-likeness (QED) is 0.746. The lowest BCUT2D eigenvalue weighted by Crippen LogP contribution is -2.23. The van der Waals surface area contributed by atoms with Crippen LogP contribution in [0.2, 0.25) is 0 Å². The van der Waals surface area contributed by atoms with Gasteiger partial charge in [-0.2, -0.15) is 4.98 Å². The molecule has 0 atom stereocenters. The van der Waals surface area contributed by atoms with E-state index >= 15 is 0 Å². The first kappa shape index (κ1) is 16.8. The SMILES string of the molecule is O=C(CCc1nc(-c2cccc(F)c2)no1)NCc1ccccc1F. The molecule has 0 unspecified atom stereocenters. The van der Waals surface area contributed by atoms with Crippen molar-refractivity contribution in [2.45, 2.75) is 19.4 Å². The molecule has 25 heavy (non-hydrogen) atoms. The van der Waals surface area contributed by atoms with E-state index in [4.69, 9.17) is 4.52 Å². The molecular formula is C18H15F2N3O2. The summed E-state index contributed by atoms with van der Waals surface area (Å²) in [5.74, 6) is -0.467. The van der Waals surface area contributed by atoms with E-state index in [1.807, 2.05) is 0 Å². The molecule has 0 fully saturated rings. The molecular weight excluding hydrogens is 328 g/mol. The van der Waals surface area contributed by atoms with Crippen molar-refractivity contribution >= 4 is 5.91 Å². The van der Waals surface area contributed by atoms with E-state index in [2.05, 4.69) is 15.5 Å². The molecule has 3 rings (SSSR count). The van der Waals surface area contributed by atoms with Crippen LogP contribution in [0.5, 0.6) is 0 Å². The Morgan fingerprint density at radius 2 is 1.96 bits per heavy atom. The molecule has 3 aromatic rings. The maximum atomic E-state index is 13.5. The number of nitrogens with one attached hydrogen (secondary N) is 1. The van der Waals surface area contributed by atoms with Gasteiger partial charge in [0, 0.05) is 30.5 Å². The maximum Gasteiger partial charge on any atom is 0.227 e. The van der Waals surface area contributed by atoms with E-state index in [1.54, 1.807) is 30.3 Å². The second kappa shape index (κ2) is 7.65. The van der Waals surface area contributed by atoms with E-state index in [0.29, 0.717) is 11.1 Å². The third-order valence-electron chi connectivity index (χ3n) is 3.55. The number of carbonyl (C=O) groups is 1. The Balaban J connectivity index is 1.52. The van der Waals surface area contributed by atoms with Crippen molar-refractivity contribution in [3.8, 4) is 11.4 Å². The fourth-order valence-corrected chi connectivity index (χ4v) is 2.25. The summed E-state index contributed by atoms with van der Waals surface area (Å²) in [6.07, 6.45) is 0.366. The topological polar surface area (TPSA) is 68.0 Å². The minimum atomic E-state index is -0.392. The van der Waals surface area contributed by atoms with Gasteiger partial charge in [0.15, 0.2) is 0 Å². The van der Waals surface area contributed by atoms with Crippen molar-refractivity contribution in [1.29, 1.82) is 0 Å². The van der Waals surface area contributed by atoms with Crippen LogP contribution in [-0.4, -0.2) is 16.0 Å². The number of nitrogens with zero attached hydrogens (tertiary/aromatic N) is 2. The first-order valence-corrected chi connectivity index (χ1v) is 7.70. The van der Waals surface area contributed by atoms with Crippen LogP contribution in [-0.2, 0) is 17.8 Å². The third kappa shape index (κ3) is 4.47. The van der Waals surface area contributed by atoms with Gasteiger partial charge in [-0.05, 0) is 18.2 Å². The van der Waals surface area contributed by atoms with Gasteiger partial charge in [-0.3, -0.25) is 4.79 Å². The Kier molecular flexibility index (Phi) is 5.13. The Morgan fingerprint density at radius 3 is 2.76 bits per heavy atom. The van der Waals surface area contributed by atoms with E-state index in [1.165, 1.54) is 18.2 Å². The predicted octanol–water partition coefficient (Wildman–Crippen LogP) is 3.26. The standard InChI is InChI=1S/C18H15F2N3O2/c19-14-6-3-5-12(10-14)18-22-17(25-23-18)9-8-16(24)21-11-13-4-1-2-7-15(13)20/h1-7,10H,8-9,11H2,(H,21,24). The van der Waals surface area contributed by atoms with Crippen molar-refractivity contribution in [3.63, 3.8) is 0 Å². The molecule has 0 bridgehead atoms. The van der Waals surface area contributed by atoms with Crippen LogP contribution in [0.15, 0.2) is 53.1 Å². The van der Waals surface area contributed by atoms with Gasteiger partial charge < -0.3 is 9.84 Å². The Labute approximate surface area is 142 Å². The first-order valence-electron chi connectivity index (χ1n) is 7.70. The normalized spacial score (nSPS) is 10.6. The van der Waals surface area contributed by atoms with Gasteiger partial charge in [-0.1, -0.05) is 35.5 Å². The van der Waals surface area contributed by atoms with Gasteiger partial charge in [0.05, 0.1) is 0 Å². The molecule has 2 aromatic carbocycles. The molecule has 1 aromatic heterocycles. The van der Waals surface area contributed by atoms with Crippen LogP contribution in [0.3, 0.4) is 0 Å². The zero-order valence-electron chi connectivity index (χ0n) is 13.2. The van der Waals surface area contributed by atoms with Gasteiger partial charge in [0.25, 0.3) is 0 Å². The number of aromatic nitrogens is 2. The molecule has 0 aliphatic carbocycles. The zero-order valence-corrected chi connectivity index (χ0v) is 13.2. The molecule has 0 aliphatic heterocycles. The molecule has 0 saturated carbocycles. The summed E-state index contributed by atoms with van der Waals surface area (Å²) in [6, 6.07) is 12.1. The van der Waals surface area contributed by atoms with Gasteiger partial charge in [-0.15, -0.1) is 0 Å². The minimum absolute atomic E-state index is 0.115. The van der Waals surface area contributed by atoms with Crippen molar-refractivity contribution in [3.05, 3.63) is 71.6 Å². The number of aryl methyl sites for hydroxylation is 1. The van der Waals surface area contributed by atoms with E-state index < -0.39 is 5.82 Å². The van der Waals surface area contributed by atoms with Crippen molar-refractivity contribution in [1.82, 2.24) is 15.5 Å². The highest BCUT2D eigenvalue weighted by Crippen LogP contribution is 2.17.